The van der Waals surface area contributed by atoms with E-state index in [1.807, 2.05) is 18.2 Å². The van der Waals surface area contributed by atoms with E-state index in [4.69, 9.17) is 4.74 Å². The zero-order valence-corrected chi connectivity index (χ0v) is 13.6. The number of ether oxygens (including phenoxy) is 1. The Morgan fingerprint density at radius 2 is 1.79 bits per heavy atom. The largest absolute Gasteiger partial charge is 0.462 e. The molecule has 3 rings (SSSR count). The van der Waals surface area contributed by atoms with Gasteiger partial charge < -0.3 is 15.0 Å². The number of hydrogen-bond donors (Lipinski definition) is 1. The van der Waals surface area contributed by atoms with Crippen LogP contribution in [0.5, 0.6) is 0 Å². The molecule has 0 saturated heterocycles. The van der Waals surface area contributed by atoms with E-state index in [1.165, 1.54) is 5.56 Å². The van der Waals surface area contributed by atoms with Crippen molar-refractivity contribution in [1.82, 2.24) is 4.90 Å². The third-order valence-electron chi connectivity index (χ3n) is 4.08. The molecular weight excluding hydrogens is 304 g/mol. The van der Waals surface area contributed by atoms with E-state index in [2.05, 4.69) is 11.4 Å². The van der Waals surface area contributed by atoms with Gasteiger partial charge in [0.1, 0.15) is 0 Å². The highest BCUT2D eigenvalue weighted by Crippen LogP contribution is 2.21. The monoisotopic (exact) mass is 324 g/mol. The van der Waals surface area contributed by atoms with Crippen LogP contribution in [-0.2, 0) is 17.7 Å². The Morgan fingerprint density at radius 1 is 1.08 bits per heavy atom. The van der Waals surface area contributed by atoms with Crippen molar-refractivity contribution in [1.29, 1.82) is 0 Å². The van der Waals surface area contributed by atoms with Crippen molar-refractivity contribution in [3.05, 3.63) is 65.2 Å². The lowest BCUT2D eigenvalue weighted by molar-refractivity contribution is 0.0527. The molecule has 0 radical (unpaired) electrons. The molecule has 0 atom stereocenters. The first-order chi connectivity index (χ1) is 11.7. The van der Waals surface area contributed by atoms with Crippen molar-refractivity contribution < 1.29 is 14.3 Å². The average Bonchev–Trinajstić information content (AvgIpc) is 2.62. The number of anilines is 1. The summed E-state index contributed by atoms with van der Waals surface area (Å²) >= 11 is 0. The van der Waals surface area contributed by atoms with Gasteiger partial charge in [0, 0.05) is 13.1 Å². The Hall–Kier alpha value is -2.82. The number of fused-ring (bicyclic) bond motifs is 1. The maximum atomic E-state index is 12.6. The quantitative estimate of drug-likeness (QED) is 0.880. The van der Waals surface area contributed by atoms with Crippen LogP contribution in [0.1, 0.15) is 28.4 Å². The summed E-state index contributed by atoms with van der Waals surface area (Å²) in [4.78, 5) is 26.3. The van der Waals surface area contributed by atoms with E-state index in [9.17, 15) is 9.59 Å². The molecule has 0 spiro atoms. The van der Waals surface area contributed by atoms with Crippen LogP contribution in [-0.4, -0.2) is 30.1 Å². The Kier molecular flexibility index (Phi) is 4.79. The standard InChI is InChI=1S/C19H20N2O3/c1-2-24-18(22)16-9-5-6-10-17(16)20-19(23)21-12-11-14-7-3-4-8-15(14)13-21/h3-10H,2,11-13H2,1H3,(H,20,23). The fourth-order valence-electron chi connectivity index (χ4n) is 2.84. The van der Waals surface area contributed by atoms with Crippen molar-refractivity contribution >= 4 is 17.7 Å². The number of amides is 2. The van der Waals surface area contributed by atoms with Gasteiger partial charge in [0.2, 0.25) is 0 Å². The summed E-state index contributed by atoms with van der Waals surface area (Å²) < 4.78 is 5.04. The summed E-state index contributed by atoms with van der Waals surface area (Å²) in [6, 6.07) is 14.8. The summed E-state index contributed by atoms with van der Waals surface area (Å²) in [7, 11) is 0. The Balaban J connectivity index is 1.73. The number of hydrogen-bond acceptors (Lipinski definition) is 3. The first-order valence-electron chi connectivity index (χ1n) is 8.08. The molecule has 5 nitrogen and oxygen atoms in total. The van der Waals surface area contributed by atoms with Crippen LogP contribution in [0.15, 0.2) is 48.5 Å². The highest BCUT2D eigenvalue weighted by Gasteiger charge is 2.22. The fourth-order valence-corrected chi connectivity index (χ4v) is 2.84. The second-order valence-electron chi connectivity index (χ2n) is 5.64. The van der Waals surface area contributed by atoms with Crippen LogP contribution in [0, 0.1) is 0 Å². The molecule has 1 aliphatic heterocycles. The van der Waals surface area contributed by atoms with Gasteiger partial charge in [0.05, 0.1) is 17.9 Å². The topological polar surface area (TPSA) is 58.6 Å². The third-order valence-corrected chi connectivity index (χ3v) is 4.08. The molecule has 0 bridgehead atoms. The van der Waals surface area contributed by atoms with Gasteiger partial charge in [-0.1, -0.05) is 36.4 Å². The Bertz CT molecular complexity index is 758. The number of rotatable bonds is 3. The summed E-state index contributed by atoms with van der Waals surface area (Å²) in [5, 5.41) is 2.84. The number of benzene rings is 2. The molecule has 1 aliphatic rings. The van der Waals surface area contributed by atoms with Crippen molar-refractivity contribution in [3.8, 4) is 0 Å². The van der Waals surface area contributed by atoms with Crippen molar-refractivity contribution in [2.45, 2.75) is 19.9 Å². The maximum absolute atomic E-state index is 12.6. The van der Waals surface area contributed by atoms with Crippen LogP contribution < -0.4 is 5.32 Å². The number of carbonyl (C=O) groups excluding carboxylic acids is 2. The second kappa shape index (κ2) is 7.17. The van der Waals surface area contributed by atoms with Crippen molar-refractivity contribution in [2.24, 2.45) is 0 Å². The van der Waals surface area contributed by atoms with Gasteiger partial charge in [0.15, 0.2) is 0 Å². The molecule has 0 aliphatic carbocycles. The van der Waals surface area contributed by atoms with E-state index in [0.717, 1.165) is 12.0 Å². The zero-order valence-electron chi connectivity index (χ0n) is 13.6. The summed E-state index contributed by atoms with van der Waals surface area (Å²) in [6.07, 6.45) is 0.836. The van der Waals surface area contributed by atoms with Gasteiger partial charge >= 0.3 is 12.0 Å². The van der Waals surface area contributed by atoms with Crippen LogP contribution in [0.25, 0.3) is 0 Å². The van der Waals surface area contributed by atoms with Gasteiger partial charge in [-0.2, -0.15) is 0 Å². The van der Waals surface area contributed by atoms with E-state index in [0.29, 0.717) is 30.9 Å². The van der Waals surface area contributed by atoms with Crippen LogP contribution in [0.4, 0.5) is 10.5 Å². The Morgan fingerprint density at radius 3 is 2.58 bits per heavy atom. The Labute approximate surface area is 141 Å². The lowest BCUT2D eigenvalue weighted by Crippen LogP contribution is -2.39. The predicted molar refractivity (Wildman–Crippen MR) is 92.0 cm³/mol. The first-order valence-corrected chi connectivity index (χ1v) is 8.08. The van der Waals surface area contributed by atoms with Crippen LogP contribution in [0.2, 0.25) is 0 Å². The number of esters is 1. The van der Waals surface area contributed by atoms with Crippen molar-refractivity contribution in [2.75, 3.05) is 18.5 Å². The SMILES string of the molecule is CCOC(=O)c1ccccc1NC(=O)N1CCc2ccccc2C1. The highest BCUT2D eigenvalue weighted by atomic mass is 16.5. The minimum absolute atomic E-state index is 0.207. The predicted octanol–water partition coefficient (Wildman–Crippen LogP) is 3.45. The molecule has 1 N–H and O–H groups in total. The van der Waals surface area contributed by atoms with Crippen LogP contribution >= 0.6 is 0 Å². The van der Waals surface area contributed by atoms with E-state index in [-0.39, 0.29) is 6.03 Å². The van der Waals surface area contributed by atoms with Crippen molar-refractivity contribution in [3.63, 3.8) is 0 Å². The molecule has 124 valence electrons. The number of para-hydroxylation sites is 1. The molecule has 2 aromatic carbocycles. The molecule has 2 amide bonds. The smallest absolute Gasteiger partial charge is 0.340 e. The highest BCUT2D eigenvalue weighted by molar-refractivity contribution is 6.00. The first kappa shape index (κ1) is 16.1. The lowest BCUT2D eigenvalue weighted by atomic mass is 10.0. The molecule has 24 heavy (non-hydrogen) atoms. The van der Waals surface area contributed by atoms with E-state index in [1.54, 1.807) is 36.1 Å². The number of carbonyl (C=O) groups is 2. The zero-order chi connectivity index (χ0) is 16.9. The van der Waals surface area contributed by atoms with E-state index < -0.39 is 5.97 Å². The molecule has 0 unspecified atom stereocenters. The molecule has 5 heteroatoms. The lowest BCUT2D eigenvalue weighted by Gasteiger charge is -2.29. The molecular formula is C19H20N2O3. The molecule has 0 saturated carbocycles. The van der Waals surface area contributed by atoms with Gasteiger partial charge in [-0.05, 0) is 36.6 Å². The van der Waals surface area contributed by atoms with Gasteiger partial charge in [-0.15, -0.1) is 0 Å². The minimum Gasteiger partial charge on any atom is -0.462 e. The summed E-state index contributed by atoms with van der Waals surface area (Å²) in [5.41, 5.74) is 3.29. The number of nitrogens with one attached hydrogen (secondary N) is 1. The summed E-state index contributed by atoms with van der Waals surface area (Å²) in [5.74, 6) is -0.433. The van der Waals surface area contributed by atoms with Gasteiger partial charge in [-0.3, -0.25) is 0 Å². The van der Waals surface area contributed by atoms with Gasteiger partial charge in [-0.25, -0.2) is 9.59 Å². The summed E-state index contributed by atoms with van der Waals surface area (Å²) in [6.45, 7) is 3.28. The molecule has 2 aromatic rings. The normalized spacial score (nSPS) is 13.1. The molecule has 0 fully saturated rings. The molecule has 0 aromatic heterocycles. The second-order valence-corrected chi connectivity index (χ2v) is 5.64. The third kappa shape index (κ3) is 3.40. The number of nitrogens with zero attached hydrogens (tertiary/aromatic N) is 1. The van der Waals surface area contributed by atoms with Crippen LogP contribution in [0.3, 0.4) is 0 Å². The van der Waals surface area contributed by atoms with Gasteiger partial charge in [0.25, 0.3) is 0 Å². The van der Waals surface area contributed by atoms with E-state index >= 15 is 0 Å². The minimum atomic E-state index is -0.433. The average molecular weight is 324 g/mol. The number of urea groups is 1. The molecule has 1 heterocycles. The maximum Gasteiger partial charge on any atom is 0.340 e. The fraction of sp³-hybridized carbons (Fsp3) is 0.263.